The molecule has 0 fully saturated rings. The molecule has 88 heavy (non-hydrogen) atoms. The molecule has 2 aliphatic rings. The zero-order valence-corrected chi connectivity index (χ0v) is 55.9. The quantitative estimate of drug-likeness (QED) is 0.135. The second kappa shape index (κ2) is 32.4. The molecule has 0 N–H and O–H groups in total. The Hall–Kier alpha value is -8.58. The molecule has 0 aliphatic heterocycles. The van der Waals surface area contributed by atoms with Gasteiger partial charge in [0, 0.05) is 5.41 Å². The molecule has 0 radical (unpaired) electrons. The number of unbranched alkanes of at least 4 members (excludes halogenated alkanes) is 1. The second-order valence-electron chi connectivity index (χ2n) is 23.7. The Morgan fingerprint density at radius 3 is 1.30 bits per heavy atom. The Balaban J connectivity index is 0.000000172. The van der Waals surface area contributed by atoms with E-state index in [0.29, 0.717) is 0 Å². The van der Waals surface area contributed by atoms with Crippen LogP contribution in [0.2, 0.25) is 0 Å². The minimum atomic E-state index is -0.263. The summed E-state index contributed by atoms with van der Waals surface area (Å²) in [7, 11) is 0. The highest BCUT2D eigenvalue weighted by Gasteiger charge is 2.46. The highest BCUT2D eigenvalue weighted by Crippen LogP contribution is 2.56. The van der Waals surface area contributed by atoms with Crippen LogP contribution in [0.3, 0.4) is 0 Å². The van der Waals surface area contributed by atoms with E-state index in [1.165, 1.54) is 154 Å². The van der Waals surface area contributed by atoms with E-state index in [1.54, 1.807) is 0 Å². The van der Waals surface area contributed by atoms with Crippen LogP contribution in [0, 0.1) is 41.5 Å². The molecular weight excluding hydrogens is 1060 g/mol. The summed E-state index contributed by atoms with van der Waals surface area (Å²) >= 11 is 0. The molecule has 0 saturated heterocycles. The summed E-state index contributed by atoms with van der Waals surface area (Å²) in [6.07, 6.45) is 5.94. The predicted octanol–water partition coefficient (Wildman–Crippen LogP) is 25.0. The average molecular weight is 1160 g/mol. The third-order valence-electron chi connectivity index (χ3n) is 16.9. The van der Waals surface area contributed by atoms with Crippen LogP contribution in [-0.2, 0) is 23.7 Å². The monoisotopic (exact) mass is 1150 g/mol. The summed E-state index contributed by atoms with van der Waals surface area (Å²) in [5, 5.41) is 0. The van der Waals surface area contributed by atoms with Gasteiger partial charge in [0.1, 0.15) is 0 Å². The fourth-order valence-electron chi connectivity index (χ4n) is 12.6. The van der Waals surface area contributed by atoms with Crippen LogP contribution < -0.4 is 0 Å². The lowest BCUT2D eigenvalue weighted by Gasteiger charge is -2.34. The Morgan fingerprint density at radius 1 is 0.330 bits per heavy atom. The van der Waals surface area contributed by atoms with Gasteiger partial charge >= 0.3 is 0 Å². The number of aryl methyl sites for hydroxylation is 6. The van der Waals surface area contributed by atoms with Crippen molar-refractivity contribution >= 4 is 0 Å². The van der Waals surface area contributed by atoms with Gasteiger partial charge in [-0.25, -0.2) is 0 Å². The molecule has 0 heteroatoms. The Bertz CT molecular complexity index is 3860. The molecule has 0 unspecified atom stereocenters. The van der Waals surface area contributed by atoms with Gasteiger partial charge in [-0.3, -0.25) is 0 Å². The van der Waals surface area contributed by atoms with E-state index in [9.17, 15) is 0 Å². The minimum Gasteiger partial charge on any atom is -0.0683 e. The van der Waals surface area contributed by atoms with Crippen LogP contribution in [0.1, 0.15) is 165 Å². The summed E-state index contributed by atoms with van der Waals surface area (Å²) in [5.74, 6) is 0. The molecule has 0 aromatic heterocycles. The first-order valence-corrected chi connectivity index (χ1v) is 32.7. The third kappa shape index (κ3) is 15.4. The molecule has 11 aromatic carbocycles. The highest BCUT2D eigenvalue weighted by molar-refractivity contribution is 5.87. The molecule has 0 heterocycles. The smallest absolute Gasteiger partial charge is 0.0683 e. The molecule has 0 nitrogen and oxygen atoms in total. The zero-order valence-electron chi connectivity index (χ0n) is 55.9. The van der Waals surface area contributed by atoms with Crippen molar-refractivity contribution in [2.24, 2.45) is 0 Å². The van der Waals surface area contributed by atoms with E-state index in [2.05, 4.69) is 319 Å². The normalized spacial score (nSPS) is 12.0. The van der Waals surface area contributed by atoms with Crippen molar-refractivity contribution in [3.63, 3.8) is 0 Å². The first-order valence-electron chi connectivity index (χ1n) is 32.7. The second-order valence-corrected chi connectivity index (χ2v) is 23.7. The minimum absolute atomic E-state index is 0.0594. The summed E-state index contributed by atoms with van der Waals surface area (Å²) in [5.41, 5.74) is 31.4. The van der Waals surface area contributed by atoms with E-state index in [1.807, 2.05) is 45.9 Å². The SMILES string of the molecule is CC.CC.CCC.CCCCc1ccc(C)c(-c2ccccc2C)c1C.Cc1ccc2c(c1)C(C)(C)c1cc(Cc3ccc(-c4ccccc4)cc3)ccc1-2.Cc1ccc2c(c1)C(c1ccccc1)(c1ccccc1)c1ccccc1-2.Cc1ccccc1. The lowest BCUT2D eigenvalue weighted by Crippen LogP contribution is -2.28. The highest BCUT2D eigenvalue weighted by atomic mass is 14.5. The topological polar surface area (TPSA) is 0 Å². The van der Waals surface area contributed by atoms with Gasteiger partial charge in [-0.05, 0) is 172 Å². The molecule has 0 spiro atoms. The van der Waals surface area contributed by atoms with Gasteiger partial charge in [0.25, 0.3) is 0 Å². The molecule has 0 amide bonds. The molecule has 0 bridgehead atoms. The van der Waals surface area contributed by atoms with Crippen molar-refractivity contribution < 1.29 is 0 Å². The summed E-state index contributed by atoms with van der Waals surface area (Å²) in [6, 6.07) is 94.7. The van der Waals surface area contributed by atoms with Crippen molar-refractivity contribution in [3.05, 3.63) is 344 Å². The Kier molecular flexibility index (Phi) is 24.7. The van der Waals surface area contributed by atoms with Crippen molar-refractivity contribution in [3.8, 4) is 44.5 Å². The van der Waals surface area contributed by atoms with Crippen molar-refractivity contribution in [2.45, 2.75) is 147 Å². The van der Waals surface area contributed by atoms with Gasteiger partial charge in [0.05, 0.1) is 5.41 Å². The van der Waals surface area contributed by atoms with E-state index in [4.69, 9.17) is 0 Å². The number of benzene rings is 11. The summed E-state index contributed by atoms with van der Waals surface area (Å²) in [6.45, 7) is 32.4. The van der Waals surface area contributed by atoms with Crippen LogP contribution in [0.4, 0.5) is 0 Å². The van der Waals surface area contributed by atoms with E-state index < -0.39 is 0 Å². The van der Waals surface area contributed by atoms with Crippen LogP contribution in [0.15, 0.2) is 261 Å². The molecule has 0 saturated carbocycles. The first-order chi connectivity index (χ1) is 42.8. The number of fused-ring (bicyclic) bond motifs is 6. The van der Waals surface area contributed by atoms with Gasteiger partial charge in [-0.1, -0.05) is 353 Å². The lowest BCUT2D eigenvalue weighted by atomic mass is 9.67. The molecule has 450 valence electrons. The maximum absolute atomic E-state index is 2.43. The molecule has 2 aliphatic carbocycles. The summed E-state index contributed by atoms with van der Waals surface area (Å²) < 4.78 is 0. The van der Waals surface area contributed by atoms with Crippen molar-refractivity contribution in [2.75, 3.05) is 0 Å². The predicted molar refractivity (Wildman–Crippen MR) is 386 cm³/mol. The molecule has 11 aromatic rings. The van der Waals surface area contributed by atoms with E-state index in [0.717, 1.165) is 6.42 Å². The molecule has 0 atom stereocenters. The fourth-order valence-corrected chi connectivity index (χ4v) is 12.6. The van der Waals surface area contributed by atoms with Crippen LogP contribution in [-0.4, -0.2) is 0 Å². The Labute approximate surface area is 532 Å². The lowest BCUT2D eigenvalue weighted by molar-refractivity contribution is 0.659. The molecule has 13 rings (SSSR count). The van der Waals surface area contributed by atoms with Crippen LogP contribution >= 0.6 is 0 Å². The van der Waals surface area contributed by atoms with Crippen LogP contribution in [0.5, 0.6) is 0 Å². The van der Waals surface area contributed by atoms with Gasteiger partial charge in [-0.2, -0.15) is 0 Å². The molecular formula is C88H98. The standard InChI is InChI=1S/C29H26.C26H20.C19H24.C7H8.C3H8.2C2H6/c1-20-9-15-25-26-16-12-22(19-28(26)29(2,3)27(25)17-20)18-21-10-13-24(14-11-21)23-7-5-4-6-8-23;1-19-16-17-23-22-14-8-9-15-24(22)26(25(23)18-19,20-10-4-2-5-11-20)21-12-6-3-7-13-21;1-5-6-10-17-13-12-15(3)19(16(17)4)18-11-8-7-9-14(18)2;1-7-5-3-2-4-6-7;1-3-2;2*1-2/h4-17,19H,18H2,1-3H3;2-18H,1H3;7-9,11-13H,5-6,10H2,1-4H3;2-6H,1H3;3H2,1-2H3;2*1-2H3. The number of rotatable bonds is 9. The average Bonchev–Trinajstić information content (AvgIpc) is 1.55. The van der Waals surface area contributed by atoms with Gasteiger partial charge in [0.2, 0.25) is 0 Å². The fraction of sp³-hybridized carbons (Fsp3) is 0.250. The third-order valence-corrected chi connectivity index (χ3v) is 16.9. The first kappa shape index (κ1) is 66.9. The van der Waals surface area contributed by atoms with Gasteiger partial charge < -0.3 is 0 Å². The largest absolute Gasteiger partial charge is 0.0713 e. The van der Waals surface area contributed by atoms with Crippen molar-refractivity contribution in [1.29, 1.82) is 0 Å². The maximum atomic E-state index is 2.43. The number of hydrogen-bond donors (Lipinski definition) is 0. The van der Waals surface area contributed by atoms with Gasteiger partial charge in [-0.15, -0.1) is 0 Å². The Morgan fingerprint density at radius 2 is 0.761 bits per heavy atom. The summed E-state index contributed by atoms with van der Waals surface area (Å²) in [4.78, 5) is 0. The zero-order chi connectivity index (χ0) is 63.2. The van der Waals surface area contributed by atoms with E-state index >= 15 is 0 Å². The maximum Gasteiger partial charge on any atom is 0.0713 e. The van der Waals surface area contributed by atoms with Crippen LogP contribution in [0.25, 0.3) is 44.5 Å². The van der Waals surface area contributed by atoms with Gasteiger partial charge in [0.15, 0.2) is 0 Å². The van der Waals surface area contributed by atoms with E-state index in [-0.39, 0.29) is 10.8 Å². The number of hydrogen-bond acceptors (Lipinski definition) is 0. The van der Waals surface area contributed by atoms with Crippen molar-refractivity contribution in [1.82, 2.24) is 0 Å².